The molecule has 1 fully saturated rings. The number of carboxylic acid groups (broad SMARTS) is 1. The van der Waals surface area contributed by atoms with E-state index in [4.69, 9.17) is 14.6 Å². The van der Waals surface area contributed by atoms with Crippen molar-refractivity contribution in [1.82, 2.24) is 5.32 Å². The molecule has 5 nitrogen and oxygen atoms in total. The van der Waals surface area contributed by atoms with Crippen LogP contribution in [0.3, 0.4) is 0 Å². The number of aliphatic carboxylic acids is 1. The van der Waals surface area contributed by atoms with Gasteiger partial charge in [0, 0.05) is 19.8 Å². The van der Waals surface area contributed by atoms with Crippen LogP contribution < -0.4 is 5.32 Å². The lowest BCUT2D eigenvalue weighted by Gasteiger charge is -2.27. The molecule has 16 heavy (non-hydrogen) atoms. The minimum Gasteiger partial charge on any atom is -0.480 e. The first-order valence-electron chi connectivity index (χ1n) is 5.76. The minimum atomic E-state index is -1.03. The van der Waals surface area contributed by atoms with Crippen molar-refractivity contribution in [3.63, 3.8) is 0 Å². The second-order valence-electron chi connectivity index (χ2n) is 4.29. The van der Waals surface area contributed by atoms with E-state index in [1.807, 2.05) is 6.92 Å². The Morgan fingerprint density at radius 3 is 2.94 bits per heavy atom. The van der Waals surface area contributed by atoms with Crippen LogP contribution in [0, 0.1) is 0 Å². The van der Waals surface area contributed by atoms with Gasteiger partial charge in [-0.05, 0) is 26.7 Å². The van der Waals surface area contributed by atoms with Crippen molar-refractivity contribution in [3.05, 3.63) is 0 Å². The lowest BCUT2D eigenvalue weighted by molar-refractivity contribution is -0.147. The number of carboxylic acids is 1. The molecule has 1 aliphatic heterocycles. The molecule has 2 N–H and O–H groups in total. The van der Waals surface area contributed by atoms with Gasteiger partial charge in [-0.25, -0.2) is 0 Å². The molecule has 0 bridgehead atoms. The van der Waals surface area contributed by atoms with Gasteiger partial charge in [-0.2, -0.15) is 0 Å². The van der Waals surface area contributed by atoms with Gasteiger partial charge in [-0.1, -0.05) is 0 Å². The monoisotopic (exact) mass is 231 g/mol. The molecule has 1 saturated heterocycles. The second kappa shape index (κ2) is 6.18. The minimum absolute atomic E-state index is 0.139. The van der Waals surface area contributed by atoms with Crippen molar-refractivity contribution in [2.75, 3.05) is 26.4 Å². The van der Waals surface area contributed by atoms with Crippen LogP contribution in [0.4, 0.5) is 0 Å². The maximum absolute atomic E-state index is 11.1. The van der Waals surface area contributed by atoms with Crippen LogP contribution >= 0.6 is 0 Å². The van der Waals surface area contributed by atoms with Gasteiger partial charge in [0.05, 0.1) is 12.7 Å². The normalized spacial score (nSPS) is 24.2. The summed E-state index contributed by atoms with van der Waals surface area (Å²) >= 11 is 0. The molecule has 5 heteroatoms. The fourth-order valence-electron chi connectivity index (χ4n) is 1.64. The number of nitrogens with one attached hydrogen (secondary N) is 1. The lowest BCUT2D eigenvalue weighted by Crippen LogP contribution is -2.55. The van der Waals surface area contributed by atoms with Crippen molar-refractivity contribution < 1.29 is 19.4 Å². The summed E-state index contributed by atoms with van der Waals surface area (Å²) in [4.78, 5) is 11.1. The van der Waals surface area contributed by atoms with E-state index < -0.39 is 11.5 Å². The van der Waals surface area contributed by atoms with E-state index in [2.05, 4.69) is 5.32 Å². The van der Waals surface area contributed by atoms with Gasteiger partial charge < -0.3 is 14.6 Å². The molecule has 0 aromatic rings. The van der Waals surface area contributed by atoms with Crippen molar-refractivity contribution >= 4 is 5.97 Å². The van der Waals surface area contributed by atoms with E-state index >= 15 is 0 Å². The van der Waals surface area contributed by atoms with Crippen molar-refractivity contribution in [3.8, 4) is 0 Å². The predicted molar refractivity (Wildman–Crippen MR) is 59.5 cm³/mol. The molecule has 2 unspecified atom stereocenters. The van der Waals surface area contributed by atoms with E-state index in [1.165, 1.54) is 0 Å². The summed E-state index contributed by atoms with van der Waals surface area (Å²) < 4.78 is 10.6. The van der Waals surface area contributed by atoms with E-state index in [0.29, 0.717) is 13.2 Å². The molecule has 1 rings (SSSR count). The molecule has 94 valence electrons. The van der Waals surface area contributed by atoms with E-state index in [-0.39, 0.29) is 12.7 Å². The average Bonchev–Trinajstić information content (AvgIpc) is 2.76. The molecule has 1 aliphatic rings. The SMILES string of the molecule is CCOCC(C)(NCC1CCCO1)C(=O)O. The zero-order valence-corrected chi connectivity index (χ0v) is 9.99. The zero-order valence-electron chi connectivity index (χ0n) is 9.99. The number of hydrogen-bond acceptors (Lipinski definition) is 4. The quantitative estimate of drug-likeness (QED) is 0.673. The third kappa shape index (κ3) is 3.73. The van der Waals surface area contributed by atoms with Crippen molar-refractivity contribution in [2.45, 2.75) is 38.3 Å². The van der Waals surface area contributed by atoms with Crippen LogP contribution in [0.25, 0.3) is 0 Å². The Bertz CT molecular complexity index is 228. The number of rotatable bonds is 7. The maximum atomic E-state index is 11.1. The lowest BCUT2D eigenvalue weighted by atomic mass is 10.0. The molecule has 0 saturated carbocycles. The molecule has 1 heterocycles. The number of hydrogen-bond donors (Lipinski definition) is 2. The molecular weight excluding hydrogens is 210 g/mol. The first-order valence-corrected chi connectivity index (χ1v) is 5.76. The van der Waals surface area contributed by atoms with Gasteiger partial charge >= 0.3 is 5.97 Å². The van der Waals surface area contributed by atoms with Gasteiger partial charge in [0.1, 0.15) is 5.54 Å². The molecule has 0 spiro atoms. The highest BCUT2D eigenvalue weighted by Crippen LogP contribution is 2.13. The van der Waals surface area contributed by atoms with Gasteiger partial charge in [0.25, 0.3) is 0 Å². The number of carbonyl (C=O) groups is 1. The van der Waals surface area contributed by atoms with E-state index in [9.17, 15) is 4.79 Å². The van der Waals surface area contributed by atoms with Crippen molar-refractivity contribution in [2.24, 2.45) is 0 Å². The van der Waals surface area contributed by atoms with Gasteiger partial charge in [-0.15, -0.1) is 0 Å². The molecule has 0 aromatic carbocycles. The first kappa shape index (κ1) is 13.4. The Morgan fingerprint density at radius 1 is 1.69 bits per heavy atom. The molecule has 0 aliphatic carbocycles. The van der Waals surface area contributed by atoms with Crippen molar-refractivity contribution in [1.29, 1.82) is 0 Å². The highest BCUT2D eigenvalue weighted by Gasteiger charge is 2.34. The first-order chi connectivity index (χ1) is 7.58. The third-order valence-electron chi connectivity index (χ3n) is 2.81. The number of ether oxygens (including phenoxy) is 2. The second-order valence-corrected chi connectivity index (χ2v) is 4.29. The topological polar surface area (TPSA) is 67.8 Å². The summed E-state index contributed by atoms with van der Waals surface area (Å²) in [5, 5.41) is 12.2. The summed E-state index contributed by atoms with van der Waals surface area (Å²) in [6.07, 6.45) is 2.19. The molecule has 0 aromatic heterocycles. The summed E-state index contributed by atoms with van der Waals surface area (Å²) in [6, 6.07) is 0. The predicted octanol–water partition coefficient (Wildman–Crippen LogP) is 0.635. The third-order valence-corrected chi connectivity index (χ3v) is 2.81. The van der Waals surface area contributed by atoms with E-state index in [1.54, 1.807) is 6.92 Å². The van der Waals surface area contributed by atoms with Crippen LogP contribution in [0.15, 0.2) is 0 Å². The largest absolute Gasteiger partial charge is 0.480 e. The van der Waals surface area contributed by atoms with Crippen LogP contribution in [0.2, 0.25) is 0 Å². The van der Waals surface area contributed by atoms with Gasteiger partial charge in [0.2, 0.25) is 0 Å². The van der Waals surface area contributed by atoms with E-state index in [0.717, 1.165) is 19.4 Å². The van der Waals surface area contributed by atoms with Gasteiger partial charge in [-0.3, -0.25) is 10.1 Å². The zero-order chi connectivity index (χ0) is 12.0. The Labute approximate surface area is 96.1 Å². The van der Waals surface area contributed by atoms with Crippen LogP contribution in [-0.4, -0.2) is 49.1 Å². The molecule has 0 radical (unpaired) electrons. The highest BCUT2D eigenvalue weighted by atomic mass is 16.5. The van der Waals surface area contributed by atoms with Crippen LogP contribution in [-0.2, 0) is 14.3 Å². The maximum Gasteiger partial charge on any atom is 0.326 e. The highest BCUT2D eigenvalue weighted by molar-refractivity contribution is 5.78. The molecule has 2 atom stereocenters. The Balaban J connectivity index is 2.39. The fraction of sp³-hybridized carbons (Fsp3) is 0.909. The standard InChI is InChI=1S/C11H21NO4/c1-3-15-8-11(2,10(13)14)12-7-9-5-4-6-16-9/h9,12H,3-8H2,1-2H3,(H,13,14). The molecule has 0 amide bonds. The Hall–Kier alpha value is -0.650. The van der Waals surface area contributed by atoms with Crippen LogP contribution in [0.1, 0.15) is 26.7 Å². The average molecular weight is 231 g/mol. The summed E-state index contributed by atoms with van der Waals surface area (Å²) in [7, 11) is 0. The molecular formula is C11H21NO4. The fourth-order valence-corrected chi connectivity index (χ4v) is 1.64. The van der Waals surface area contributed by atoms with Crippen LogP contribution in [0.5, 0.6) is 0 Å². The summed E-state index contributed by atoms with van der Waals surface area (Å²) in [6.45, 7) is 5.52. The summed E-state index contributed by atoms with van der Waals surface area (Å²) in [5.41, 5.74) is -1.03. The Morgan fingerprint density at radius 2 is 2.44 bits per heavy atom. The van der Waals surface area contributed by atoms with Gasteiger partial charge in [0.15, 0.2) is 0 Å². The summed E-state index contributed by atoms with van der Waals surface area (Å²) in [5.74, 6) is -0.890. The smallest absolute Gasteiger partial charge is 0.326 e. The Kier molecular flexibility index (Phi) is 5.18.